The summed E-state index contributed by atoms with van der Waals surface area (Å²) in [7, 11) is 0. The summed E-state index contributed by atoms with van der Waals surface area (Å²) >= 11 is 0. The van der Waals surface area contributed by atoms with Crippen LogP contribution in [0.25, 0.3) is 0 Å². The molecule has 1 spiro atoms. The van der Waals surface area contributed by atoms with E-state index in [1.807, 2.05) is 18.5 Å². The monoisotopic (exact) mass is 392 g/mol. The summed E-state index contributed by atoms with van der Waals surface area (Å²) < 4.78 is 0. The Labute approximate surface area is 171 Å². The van der Waals surface area contributed by atoms with Gasteiger partial charge in [0.25, 0.3) is 0 Å². The number of anilines is 3. The first-order valence-corrected chi connectivity index (χ1v) is 10.5. The molecule has 0 aromatic carbocycles. The van der Waals surface area contributed by atoms with E-state index in [1.54, 1.807) is 0 Å². The lowest BCUT2D eigenvalue weighted by Crippen LogP contribution is -2.43. The first-order valence-electron chi connectivity index (χ1n) is 10.5. The van der Waals surface area contributed by atoms with Gasteiger partial charge in [-0.2, -0.15) is 0 Å². The molecule has 5 rings (SSSR count). The van der Waals surface area contributed by atoms with Crippen molar-refractivity contribution in [3.63, 3.8) is 0 Å². The highest BCUT2D eigenvalue weighted by atomic mass is 16.3. The van der Waals surface area contributed by atoms with Crippen molar-refractivity contribution >= 4 is 17.5 Å². The Morgan fingerprint density at radius 2 is 1.93 bits per heavy atom. The van der Waals surface area contributed by atoms with Gasteiger partial charge in [-0.15, -0.1) is 0 Å². The van der Waals surface area contributed by atoms with Crippen molar-refractivity contribution in [1.29, 1.82) is 0 Å². The zero-order valence-corrected chi connectivity index (χ0v) is 16.8. The minimum Gasteiger partial charge on any atom is -0.392 e. The Kier molecular flexibility index (Phi) is 4.72. The number of hydrogen-bond acceptors (Lipinski definition) is 7. The molecule has 2 aromatic heterocycles. The molecule has 7 nitrogen and oxygen atoms in total. The van der Waals surface area contributed by atoms with Gasteiger partial charge < -0.3 is 20.6 Å². The molecule has 7 heteroatoms. The molecular weight excluding hydrogens is 364 g/mol. The van der Waals surface area contributed by atoms with Gasteiger partial charge in [-0.1, -0.05) is 19.1 Å². The van der Waals surface area contributed by atoms with E-state index in [2.05, 4.69) is 50.6 Å². The number of aromatic nitrogens is 3. The van der Waals surface area contributed by atoms with E-state index in [9.17, 15) is 5.11 Å². The largest absolute Gasteiger partial charge is 0.392 e. The summed E-state index contributed by atoms with van der Waals surface area (Å²) in [6.07, 6.45) is 10.2. The van der Waals surface area contributed by atoms with Gasteiger partial charge >= 0.3 is 0 Å². The van der Waals surface area contributed by atoms with Gasteiger partial charge in [-0.05, 0) is 42.9 Å². The molecule has 0 amide bonds. The average molecular weight is 393 g/mol. The summed E-state index contributed by atoms with van der Waals surface area (Å²) in [5.74, 6) is 1.53. The molecule has 1 fully saturated rings. The van der Waals surface area contributed by atoms with Crippen LogP contribution in [0.2, 0.25) is 0 Å². The molecule has 1 aliphatic heterocycles. The third-order valence-corrected chi connectivity index (χ3v) is 6.64. The van der Waals surface area contributed by atoms with Crippen LogP contribution in [-0.4, -0.2) is 52.3 Å². The number of piperazine rings is 1. The van der Waals surface area contributed by atoms with E-state index in [4.69, 9.17) is 4.98 Å². The third-order valence-electron chi connectivity index (χ3n) is 6.64. The number of nitrogens with one attached hydrogen (secondary N) is 2. The molecule has 29 heavy (non-hydrogen) atoms. The van der Waals surface area contributed by atoms with E-state index < -0.39 is 0 Å². The maximum absolute atomic E-state index is 10.9. The van der Waals surface area contributed by atoms with Crippen molar-refractivity contribution < 1.29 is 5.11 Å². The fourth-order valence-electron chi connectivity index (χ4n) is 4.88. The van der Waals surface area contributed by atoms with Crippen LogP contribution in [0.1, 0.15) is 43.4 Å². The van der Waals surface area contributed by atoms with E-state index >= 15 is 0 Å². The molecule has 2 atom stereocenters. The van der Waals surface area contributed by atoms with Gasteiger partial charge in [-0.3, -0.25) is 0 Å². The van der Waals surface area contributed by atoms with Gasteiger partial charge in [0.05, 0.1) is 23.7 Å². The van der Waals surface area contributed by atoms with Crippen LogP contribution in [0.3, 0.4) is 0 Å². The summed E-state index contributed by atoms with van der Waals surface area (Å²) in [6, 6.07) is 4.07. The summed E-state index contributed by atoms with van der Waals surface area (Å²) in [4.78, 5) is 16.3. The van der Waals surface area contributed by atoms with Crippen molar-refractivity contribution in [1.82, 2.24) is 20.3 Å². The van der Waals surface area contributed by atoms with Crippen LogP contribution in [0, 0.1) is 0 Å². The fourth-order valence-corrected chi connectivity index (χ4v) is 4.88. The number of pyridine rings is 1. The quantitative estimate of drug-likeness (QED) is 0.692. The SMILES string of the molecule is CC1CC(O)C2(CC=CC2)c2nc(Nc3ccc(N4CCNCC4)cn3)ncc21. The Balaban J connectivity index is 1.39. The first kappa shape index (κ1) is 18.5. The molecule has 0 bridgehead atoms. The number of rotatable bonds is 3. The maximum atomic E-state index is 10.9. The molecule has 2 unspecified atom stereocenters. The average Bonchev–Trinajstić information content (AvgIpc) is 3.25. The second-order valence-electron chi connectivity index (χ2n) is 8.45. The highest BCUT2D eigenvalue weighted by molar-refractivity contribution is 5.54. The smallest absolute Gasteiger partial charge is 0.228 e. The van der Waals surface area contributed by atoms with E-state index in [1.165, 1.54) is 0 Å². The summed E-state index contributed by atoms with van der Waals surface area (Å²) in [5.41, 5.74) is 2.98. The third kappa shape index (κ3) is 3.28. The molecule has 1 saturated heterocycles. The van der Waals surface area contributed by atoms with Gasteiger partial charge in [0, 0.05) is 37.8 Å². The van der Waals surface area contributed by atoms with Crippen LogP contribution >= 0.6 is 0 Å². The Morgan fingerprint density at radius 1 is 1.14 bits per heavy atom. The molecule has 152 valence electrons. The predicted molar refractivity (Wildman–Crippen MR) is 114 cm³/mol. The van der Waals surface area contributed by atoms with Crippen LogP contribution in [0.5, 0.6) is 0 Å². The van der Waals surface area contributed by atoms with Crippen molar-refractivity contribution in [2.24, 2.45) is 0 Å². The number of nitrogens with zero attached hydrogens (tertiary/aromatic N) is 4. The normalized spacial score (nSPS) is 25.2. The number of aliphatic hydroxyl groups is 1. The van der Waals surface area contributed by atoms with Gasteiger partial charge in [0.15, 0.2) is 0 Å². The first-order chi connectivity index (χ1) is 14.2. The number of aliphatic hydroxyl groups excluding tert-OH is 1. The van der Waals surface area contributed by atoms with Crippen LogP contribution in [-0.2, 0) is 5.41 Å². The standard InChI is InChI=1S/C22H28N6O/c1-15-12-18(29)22(6-2-3-7-22)20-17(15)14-25-21(27-20)26-19-5-4-16(13-24-19)28-10-8-23-9-11-28/h2-5,13-15,18,23,29H,6-12H2,1H3,(H,24,25,26,27). The lowest BCUT2D eigenvalue weighted by Gasteiger charge is -2.41. The Bertz CT molecular complexity index is 898. The van der Waals surface area contributed by atoms with E-state index in [0.717, 1.165) is 68.2 Å². The van der Waals surface area contributed by atoms with Gasteiger partial charge in [-0.25, -0.2) is 15.0 Å². The minimum atomic E-state index is -0.376. The number of hydrogen-bond donors (Lipinski definition) is 3. The molecule has 3 heterocycles. The fraction of sp³-hybridized carbons (Fsp3) is 0.500. The molecule has 3 N–H and O–H groups in total. The highest BCUT2D eigenvalue weighted by Gasteiger charge is 2.47. The van der Waals surface area contributed by atoms with Gasteiger partial charge in [0.2, 0.25) is 5.95 Å². The van der Waals surface area contributed by atoms with Crippen LogP contribution in [0.15, 0.2) is 36.7 Å². The van der Waals surface area contributed by atoms with E-state index in [0.29, 0.717) is 5.95 Å². The summed E-state index contributed by atoms with van der Waals surface area (Å²) in [6.45, 7) is 6.15. The summed E-state index contributed by atoms with van der Waals surface area (Å²) in [5, 5.41) is 17.5. The number of allylic oxidation sites excluding steroid dienone is 2. The zero-order valence-electron chi connectivity index (χ0n) is 16.8. The van der Waals surface area contributed by atoms with Crippen molar-refractivity contribution in [3.8, 4) is 0 Å². The predicted octanol–water partition coefficient (Wildman–Crippen LogP) is 2.48. The minimum absolute atomic E-state index is 0.261. The van der Waals surface area contributed by atoms with Crippen LogP contribution in [0.4, 0.5) is 17.5 Å². The molecule has 2 aromatic rings. The van der Waals surface area contributed by atoms with E-state index in [-0.39, 0.29) is 17.4 Å². The van der Waals surface area contributed by atoms with Crippen molar-refractivity contribution in [3.05, 3.63) is 47.9 Å². The second-order valence-corrected chi connectivity index (χ2v) is 8.45. The number of fused-ring (bicyclic) bond motifs is 2. The molecule has 0 saturated carbocycles. The molecule has 0 radical (unpaired) electrons. The lowest BCUT2D eigenvalue weighted by atomic mass is 9.66. The van der Waals surface area contributed by atoms with Crippen molar-refractivity contribution in [2.75, 3.05) is 36.4 Å². The zero-order chi connectivity index (χ0) is 19.8. The van der Waals surface area contributed by atoms with Crippen LogP contribution < -0.4 is 15.5 Å². The topological polar surface area (TPSA) is 86.2 Å². The Morgan fingerprint density at radius 3 is 2.66 bits per heavy atom. The van der Waals surface area contributed by atoms with Gasteiger partial charge in [0.1, 0.15) is 5.82 Å². The maximum Gasteiger partial charge on any atom is 0.228 e. The lowest BCUT2D eigenvalue weighted by molar-refractivity contribution is 0.0591. The second kappa shape index (κ2) is 7.39. The molecule has 3 aliphatic rings. The highest BCUT2D eigenvalue weighted by Crippen LogP contribution is 2.48. The molecule has 2 aliphatic carbocycles. The molecular formula is C22H28N6O. The van der Waals surface area contributed by atoms with Crippen molar-refractivity contribution in [2.45, 2.75) is 43.6 Å². The Hall–Kier alpha value is -2.51.